The van der Waals surface area contributed by atoms with E-state index in [2.05, 4.69) is 0 Å². The molecule has 0 spiro atoms. The molecule has 160 valence electrons. The molecule has 0 aliphatic carbocycles. The molecule has 3 aromatic carbocycles. The summed E-state index contributed by atoms with van der Waals surface area (Å²) in [6.45, 7) is 2.42. The van der Waals surface area contributed by atoms with Crippen molar-refractivity contribution < 1.29 is 22.7 Å². The number of hydrogen-bond donors (Lipinski definition) is 0. The number of likely N-dealkylation sites (tertiary alicyclic amines) is 1. The van der Waals surface area contributed by atoms with Gasteiger partial charge in [0.15, 0.2) is 0 Å². The Morgan fingerprint density at radius 3 is 2.06 bits per heavy atom. The molecule has 6 heteroatoms. The maximum Gasteiger partial charge on any atom is 0.223 e. The zero-order valence-corrected chi connectivity index (χ0v) is 17.0. The van der Waals surface area contributed by atoms with E-state index in [4.69, 9.17) is 4.74 Å². The molecule has 2 atom stereocenters. The fraction of sp³-hybridized carbons (Fsp3) is 0.240. The molecule has 4 rings (SSSR count). The summed E-state index contributed by atoms with van der Waals surface area (Å²) in [6.07, 6.45) is 0.151. The zero-order valence-electron chi connectivity index (χ0n) is 17.0. The van der Waals surface area contributed by atoms with Gasteiger partial charge in [0.05, 0.1) is 6.04 Å². The number of carbonyl (C=O) groups excluding carboxylic acids is 1. The number of nitrogens with zero attached hydrogens (tertiary/aromatic N) is 1. The predicted molar refractivity (Wildman–Crippen MR) is 111 cm³/mol. The fourth-order valence-corrected chi connectivity index (χ4v) is 3.96. The maximum absolute atomic E-state index is 14.1. The minimum Gasteiger partial charge on any atom is -0.483 e. The number of halogens is 3. The van der Waals surface area contributed by atoms with Crippen molar-refractivity contribution in [3.8, 4) is 5.75 Å². The second-order valence-electron chi connectivity index (χ2n) is 7.74. The van der Waals surface area contributed by atoms with Gasteiger partial charge in [-0.1, -0.05) is 29.8 Å². The Morgan fingerprint density at radius 2 is 1.48 bits per heavy atom. The van der Waals surface area contributed by atoms with Gasteiger partial charge in [-0.3, -0.25) is 4.79 Å². The normalized spacial score (nSPS) is 15.7. The van der Waals surface area contributed by atoms with Crippen LogP contribution in [0.2, 0.25) is 0 Å². The summed E-state index contributed by atoms with van der Waals surface area (Å²) < 4.78 is 48.1. The van der Waals surface area contributed by atoms with E-state index >= 15 is 0 Å². The van der Waals surface area contributed by atoms with Crippen molar-refractivity contribution in [2.45, 2.75) is 31.9 Å². The second kappa shape index (κ2) is 8.84. The molecular formula is C25H22F3NO2. The maximum atomic E-state index is 14.1. The summed E-state index contributed by atoms with van der Waals surface area (Å²) in [7, 11) is 0. The Labute approximate surface area is 179 Å². The lowest BCUT2D eigenvalue weighted by Crippen LogP contribution is -2.36. The van der Waals surface area contributed by atoms with Crippen LogP contribution in [0.3, 0.4) is 0 Å². The van der Waals surface area contributed by atoms with E-state index in [1.165, 1.54) is 24.3 Å². The topological polar surface area (TPSA) is 29.5 Å². The number of amides is 1. The van der Waals surface area contributed by atoms with Gasteiger partial charge in [-0.05, 0) is 55.3 Å². The summed E-state index contributed by atoms with van der Waals surface area (Å²) in [5, 5.41) is 0. The Morgan fingerprint density at radius 1 is 0.839 bits per heavy atom. The first-order valence-corrected chi connectivity index (χ1v) is 10.1. The Bertz CT molecular complexity index is 1050. The van der Waals surface area contributed by atoms with Gasteiger partial charge in [0.25, 0.3) is 0 Å². The highest BCUT2D eigenvalue weighted by molar-refractivity contribution is 5.78. The van der Waals surface area contributed by atoms with Crippen LogP contribution in [0, 0.1) is 24.4 Å². The van der Waals surface area contributed by atoms with Crippen molar-refractivity contribution in [3.05, 3.63) is 101 Å². The van der Waals surface area contributed by atoms with Crippen molar-refractivity contribution in [2.24, 2.45) is 0 Å². The summed E-state index contributed by atoms with van der Waals surface area (Å²) >= 11 is 0. The highest BCUT2D eigenvalue weighted by Crippen LogP contribution is 2.40. The van der Waals surface area contributed by atoms with Crippen molar-refractivity contribution in [1.29, 1.82) is 0 Å². The highest BCUT2D eigenvalue weighted by atomic mass is 19.1. The molecule has 0 N–H and O–H groups in total. The smallest absolute Gasteiger partial charge is 0.223 e. The van der Waals surface area contributed by atoms with E-state index in [1.807, 2.05) is 19.1 Å². The molecule has 31 heavy (non-hydrogen) atoms. The van der Waals surface area contributed by atoms with Gasteiger partial charge in [0.1, 0.15) is 29.3 Å². The lowest BCUT2D eigenvalue weighted by atomic mass is 9.93. The van der Waals surface area contributed by atoms with Crippen molar-refractivity contribution >= 4 is 5.91 Å². The first-order valence-electron chi connectivity index (χ1n) is 10.1. The van der Waals surface area contributed by atoms with Gasteiger partial charge in [-0.2, -0.15) is 0 Å². The van der Waals surface area contributed by atoms with Crippen LogP contribution in [0.15, 0.2) is 66.7 Å². The van der Waals surface area contributed by atoms with Crippen LogP contribution in [0.1, 0.15) is 41.7 Å². The van der Waals surface area contributed by atoms with Crippen LogP contribution in [0.25, 0.3) is 0 Å². The van der Waals surface area contributed by atoms with Crippen molar-refractivity contribution in [1.82, 2.24) is 4.90 Å². The molecule has 1 amide bonds. The molecule has 0 radical (unpaired) electrons. The second-order valence-corrected chi connectivity index (χ2v) is 7.74. The Kier molecular flexibility index (Phi) is 5.98. The average Bonchev–Trinajstić information content (AvgIpc) is 3.15. The third kappa shape index (κ3) is 4.74. The Hall–Kier alpha value is -3.28. The monoisotopic (exact) mass is 425 g/mol. The van der Waals surface area contributed by atoms with E-state index in [1.54, 1.807) is 29.2 Å². The molecule has 0 aromatic heterocycles. The number of benzene rings is 3. The first kappa shape index (κ1) is 21.0. The summed E-state index contributed by atoms with van der Waals surface area (Å²) in [4.78, 5) is 14.3. The van der Waals surface area contributed by atoms with Crippen molar-refractivity contribution in [3.63, 3.8) is 0 Å². The molecular weight excluding hydrogens is 403 g/mol. The van der Waals surface area contributed by atoms with Crippen LogP contribution in [0.4, 0.5) is 13.2 Å². The third-order valence-electron chi connectivity index (χ3n) is 5.44. The zero-order chi connectivity index (χ0) is 22.0. The standard InChI is InChI=1S/C25H22F3NO2/c1-16-4-10-22(11-5-16)31-25(18-13-20(27)15-21(28)14-18)24(29-12-2-3-23(29)30)17-6-8-19(26)9-7-17/h4-11,13-15,24-25H,2-3,12H2,1H3/t24?,25-/m0/s1. The quantitative estimate of drug-likeness (QED) is 0.492. The summed E-state index contributed by atoms with van der Waals surface area (Å²) in [5.41, 5.74) is 1.91. The fourth-order valence-electron chi connectivity index (χ4n) is 3.96. The minimum absolute atomic E-state index is 0.0799. The molecule has 1 heterocycles. The van der Waals surface area contributed by atoms with E-state index < -0.39 is 29.6 Å². The van der Waals surface area contributed by atoms with Gasteiger partial charge in [-0.15, -0.1) is 0 Å². The lowest BCUT2D eigenvalue weighted by Gasteiger charge is -2.35. The van der Waals surface area contributed by atoms with Crippen LogP contribution in [0.5, 0.6) is 5.75 Å². The third-order valence-corrected chi connectivity index (χ3v) is 5.44. The molecule has 1 saturated heterocycles. The first-order chi connectivity index (χ1) is 14.9. The number of ether oxygens (including phenoxy) is 1. The molecule has 1 aliphatic heterocycles. The Balaban J connectivity index is 1.84. The van der Waals surface area contributed by atoms with Gasteiger partial charge >= 0.3 is 0 Å². The molecule has 1 aliphatic rings. The number of hydrogen-bond acceptors (Lipinski definition) is 2. The summed E-state index contributed by atoms with van der Waals surface area (Å²) in [5.74, 6) is -1.47. The van der Waals surface area contributed by atoms with E-state index in [0.717, 1.165) is 11.6 Å². The van der Waals surface area contributed by atoms with Gasteiger partial charge in [0.2, 0.25) is 5.91 Å². The van der Waals surface area contributed by atoms with Crippen LogP contribution >= 0.6 is 0 Å². The average molecular weight is 425 g/mol. The van der Waals surface area contributed by atoms with Crippen LogP contribution in [-0.2, 0) is 4.79 Å². The molecule has 0 bridgehead atoms. The SMILES string of the molecule is Cc1ccc(O[C@@H](c2cc(F)cc(F)c2)C(c2ccc(F)cc2)N2CCCC2=O)cc1. The van der Waals surface area contributed by atoms with E-state index in [9.17, 15) is 18.0 Å². The van der Waals surface area contributed by atoms with Gasteiger partial charge in [-0.25, -0.2) is 13.2 Å². The number of carbonyl (C=O) groups is 1. The molecule has 1 unspecified atom stereocenters. The molecule has 3 aromatic rings. The van der Waals surface area contributed by atoms with Crippen LogP contribution in [-0.4, -0.2) is 17.4 Å². The predicted octanol–water partition coefficient (Wildman–Crippen LogP) is 5.90. The van der Waals surface area contributed by atoms with E-state index in [-0.39, 0.29) is 11.5 Å². The molecule has 1 fully saturated rings. The minimum atomic E-state index is -0.902. The van der Waals surface area contributed by atoms with Crippen molar-refractivity contribution in [2.75, 3.05) is 6.54 Å². The van der Waals surface area contributed by atoms with Gasteiger partial charge in [0, 0.05) is 24.6 Å². The lowest BCUT2D eigenvalue weighted by molar-refractivity contribution is -0.131. The van der Waals surface area contributed by atoms with E-state index in [0.29, 0.717) is 30.7 Å². The van der Waals surface area contributed by atoms with Gasteiger partial charge < -0.3 is 9.64 Å². The molecule has 3 nitrogen and oxygen atoms in total. The molecule has 0 saturated carbocycles. The largest absolute Gasteiger partial charge is 0.483 e. The number of aryl methyl sites for hydroxylation is 1. The highest BCUT2D eigenvalue weighted by Gasteiger charge is 2.37. The van der Waals surface area contributed by atoms with Crippen LogP contribution < -0.4 is 4.74 Å². The number of rotatable bonds is 6. The summed E-state index contributed by atoms with van der Waals surface area (Å²) in [6, 6.07) is 15.6.